The molecule has 0 fully saturated rings. The van der Waals surface area contributed by atoms with Crippen molar-refractivity contribution in [2.24, 2.45) is 0 Å². The van der Waals surface area contributed by atoms with Gasteiger partial charge in [-0.3, -0.25) is 0 Å². The second kappa shape index (κ2) is 6.02. The zero-order valence-electron chi connectivity index (χ0n) is 9.86. The summed E-state index contributed by atoms with van der Waals surface area (Å²) in [4.78, 5) is -0.825. The van der Waals surface area contributed by atoms with Gasteiger partial charge in [-0.05, 0) is 18.2 Å². The number of rotatable bonds is 5. The number of nitrogens with zero attached hydrogens (tertiary/aromatic N) is 1. The van der Waals surface area contributed by atoms with E-state index in [4.69, 9.17) is 5.11 Å². The van der Waals surface area contributed by atoms with Crippen molar-refractivity contribution >= 4 is 10.0 Å². The number of hydrogen-bond acceptors (Lipinski definition) is 3. The lowest BCUT2D eigenvalue weighted by Crippen LogP contribution is -2.40. The van der Waals surface area contributed by atoms with Crippen LogP contribution in [0, 0.1) is 11.6 Å². The molecule has 1 aromatic carbocycles. The second-order valence-corrected chi connectivity index (χ2v) is 5.69. The molecular formula is C10H10F5NO3S. The number of aliphatic hydroxyl groups is 1. The Morgan fingerprint density at radius 2 is 1.75 bits per heavy atom. The summed E-state index contributed by atoms with van der Waals surface area (Å²) < 4.78 is 86.3. The van der Waals surface area contributed by atoms with Crippen LogP contribution < -0.4 is 0 Å². The van der Waals surface area contributed by atoms with Gasteiger partial charge in [0.2, 0.25) is 10.0 Å². The van der Waals surface area contributed by atoms with E-state index in [0.29, 0.717) is 12.1 Å². The van der Waals surface area contributed by atoms with E-state index in [-0.39, 0.29) is 10.4 Å². The van der Waals surface area contributed by atoms with Crippen molar-refractivity contribution in [2.45, 2.75) is 11.1 Å². The number of sulfonamides is 1. The van der Waals surface area contributed by atoms with Crippen LogP contribution in [0.5, 0.6) is 0 Å². The van der Waals surface area contributed by atoms with Gasteiger partial charge < -0.3 is 5.11 Å². The van der Waals surface area contributed by atoms with Gasteiger partial charge in [0.15, 0.2) is 11.6 Å². The predicted molar refractivity (Wildman–Crippen MR) is 58.3 cm³/mol. The first-order valence-electron chi connectivity index (χ1n) is 5.21. The van der Waals surface area contributed by atoms with E-state index >= 15 is 0 Å². The highest BCUT2D eigenvalue weighted by Gasteiger charge is 2.37. The first-order chi connectivity index (χ1) is 9.08. The molecule has 4 nitrogen and oxygen atoms in total. The zero-order chi connectivity index (χ0) is 15.6. The Balaban J connectivity index is 3.18. The number of hydrogen-bond donors (Lipinski definition) is 1. The molecule has 1 rings (SSSR count). The van der Waals surface area contributed by atoms with E-state index in [1.807, 2.05) is 0 Å². The fourth-order valence-electron chi connectivity index (χ4n) is 1.38. The van der Waals surface area contributed by atoms with Gasteiger partial charge in [0, 0.05) is 6.54 Å². The summed E-state index contributed by atoms with van der Waals surface area (Å²) in [7, 11) is -4.69. The van der Waals surface area contributed by atoms with Gasteiger partial charge in [0.25, 0.3) is 0 Å². The van der Waals surface area contributed by atoms with Crippen LogP contribution in [0.2, 0.25) is 0 Å². The summed E-state index contributed by atoms with van der Waals surface area (Å²) in [6.45, 7) is -3.51. The van der Waals surface area contributed by atoms with E-state index < -0.39 is 52.4 Å². The van der Waals surface area contributed by atoms with Crippen molar-refractivity contribution in [1.29, 1.82) is 0 Å². The largest absolute Gasteiger partial charge is 0.402 e. The molecule has 1 N–H and O–H groups in total. The minimum Gasteiger partial charge on any atom is -0.395 e. The van der Waals surface area contributed by atoms with Crippen LogP contribution in [0.1, 0.15) is 0 Å². The highest BCUT2D eigenvalue weighted by atomic mass is 32.2. The molecule has 0 aliphatic heterocycles. The molecule has 0 saturated heterocycles. The maximum absolute atomic E-state index is 13.0. The molecule has 0 heterocycles. The van der Waals surface area contributed by atoms with Crippen LogP contribution >= 0.6 is 0 Å². The highest BCUT2D eigenvalue weighted by Crippen LogP contribution is 2.23. The molecule has 1 aromatic rings. The van der Waals surface area contributed by atoms with E-state index in [9.17, 15) is 30.4 Å². The van der Waals surface area contributed by atoms with Gasteiger partial charge in [0.1, 0.15) is 6.54 Å². The van der Waals surface area contributed by atoms with Gasteiger partial charge in [-0.2, -0.15) is 17.5 Å². The van der Waals surface area contributed by atoms with E-state index in [1.54, 1.807) is 0 Å². The fraction of sp³-hybridized carbons (Fsp3) is 0.400. The Labute approximate surface area is 111 Å². The maximum atomic E-state index is 13.0. The zero-order valence-corrected chi connectivity index (χ0v) is 10.7. The Kier molecular flexibility index (Phi) is 5.05. The molecule has 0 aromatic heterocycles. The summed E-state index contributed by atoms with van der Waals surface area (Å²) in [6, 6.07) is 1.42. The molecule has 0 saturated carbocycles. The summed E-state index contributed by atoms with van der Waals surface area (Å²) >= 11 is 0. The summed E-state index contributed by atoms with van der Waals surface area (Å²) in [6.07, 6.45) is -4.83. The van der Waals surface area contributed by atoms with Crippen molar-refractivity contribution in [3.05, 3.63) is 29.8 Å². The van der Waals surface area contributed by atoms with Crippen LogP contribution in [0.25, 0.3) is 0 Å². The van der Waals surface area contributed by atoms with Crippen molar-refractivity contribution in [3.8, 4) is 0 Å². The van der Waals surface area contributed by atoms with Crippen LogP contribution in [0.15, 0.2) is 23.1 Å². The molecular weight excluding hydrogens is 309 g/mol. The van der Waals surface area contributed by atoms with Crippen LogP contribution in [-0.4, -0.2) is 43.7 Å². The predicted octanol–water partition coefficient (Wildman–Crippen LogP) is 1.51. The minimum absolute atomic E-state index is 0.0559. The van der Waals surface area contributed by atoms with Crippen LogP contribution in [0.4, 0.5) is 22.0 Å². The number of aliphatic hydroxyl groups excluding tert-OH is 1. The second-order valence-electron chi connectivity index (χ2n) is 3.75. The lowest BCUT2D eigenvalue weighted by molar-refractivity contribution is -0.136. The van der Waals surface area contributed by atoms with E-state index in [2.05, 4.69) is 0 Å². The van der Waals surface area contributed by atoms with Crippen molar-refractivity contribution in [2.75, 3.05) is 19.7 Å². The summed E-state index contributed by atoms with van der Waals surface area (Å²) in [5.41, 5.74) is 0. The van der Waals surface area contributed by atoms with Gasteiger partial charge in [-0.1, -0.05) is 0 Å². The molecule has 0 radical (unpaired) electrons. The maximum Gasteiger partial charge on any atom is 0.402 e. The molecule has 0 bridgehead atoms. The Bertz CT molecular complexity index is 573. The van der Waals surface area contributed by atoms with Gasteiger partial charge >= 0.3 is 6.18 Å². The molecule has 0 unspecified atom stereocenters. The Morgan fingerprint density at radius 1 is 1.15 bits per heavy atom. The third-order valence-electron chi connectivity index (χ3n) is 2.23. The average molecular weight is 319 g/mol. The van der Waals surface area contributed by atoms with Gasteiger partial charge in [-0.15, -0.1) is 0 Å². The topological polar surface area (TPSA) is 57.6 Å². The van der Waals surface area contributed by atoms with Gasteiger partial charge in [0.05, 0.1) is 11.5 Å². The molecule has 0 aliphatic rings. The standard InChI is InChI=1S/C10H10F5NO3S/c11-8-2-1-7(5-9(8)12)20(18,19)16(3-4-17)6-10(13,14)15/h1-2,5,17H,3-4,6H2. The SMILES string of the molecule is O=S(=O)(c1ccc(F)c(F)c1)N(CCO)CC(F)(F)F. The first-order valence-corrected chi connectivity index (χ1v) is 6.65. The third-order valence-corrected chi connectivity index (χ3v) is 4.08. The lowest BCUT2D eigenvalue weighted by Gasteiger charge is -2.22. The van der Waals surface area contributed by atoms with Crippen LogP contribution in [0.3, 0.4) is 0 Å². The molecule has 0 spiro atoms. The van der Waals surface area contributed by atoms with Crippen molar-refractivity contribution < 1.29 is 35.5 Å². The van der Waals surface area contributed by atoms with E-state index in [1.165, 1.54) is 0 Å². The Hall–Kier alpha value is -1.26. The highest BCUT2D eigenvalue weighted by molar-refractivity contribution is 7.89. The van der Waals surface area contributed by atoms with E-state index in [0.717, 1.165) is 0 Å². The number of alkyl halides is 3. The monoisotopic (exact) mass is 319 g/mol. The molecule has 20 heavy (non-hydrogen) atoms. The summed E-state index contributed by atoms with van der Waals surface area (Å²) in [5.74, 6) is -2.82. The molecule has 10 heteroatoms. The normalized spacial score (nSPS) is 12.9. The van der Waals surface area contributed by atoms with Crippen molar-refractivity contribution in [1.82, 2.24) is 4.31 Å². The quantitative estimate of drug-likeness (QED) is 0.837. The molecule has 114 valence electrons. The minimum atomic E-state index is -4.83. The Morgan fingerprint density at radius 3 is 2.20 bits per heavy atom. The number of benzene rings is 1. The first kappa shape index (κ1) is 16.8. The van der Waals surface area contributed by atoms with Crippen molar-refractivity contribution in [3.63, 3.8) is 0 Å². The fourth-order valence-corrected chi connectivity index (χ4v) is 2.81. The lowest BCUT2D eigenvalue weighted by atomic mass is 10.3. The third kappa shape index (κ3) is 4.12. The molecule has 0 amide bonds. The van der Waals surface area contributed by atoms with Gasteiger partial charge in [-0.25, -0.2) is 17.2 Å². The molecule has 0 aliphatic carbocycles. The van der Waals surface area contributed by atoms with Crippen LogP contribution in [-0.2, 0) is 10.0 Å². The average Bonchev–Trinajstić information content (AvgIpc) is 2.30. The molecule has 0 atom stereocenters. The number of halogens is 5. The summed E-state index contributed by atoms with van der Waals surface area (Å²) in [5, 5.41) is 8.63. The smallest absolute Gasteiger partial charge is 0.395 e.